The lowest BCUT2D eigenvalue weighted by Crippen LogP contribution is -2.28. The molecule has 0 unspecified atom stereocenters. The molecule has 12 nitrogen and oxygen atoms in total. The van der Waals surface area contributed by atoms with Crippen LogP contribution in [0.15, 0.2) is 24.8 Å². The number of nitrogens with zero attached hydrogens (tertiary/aromatic N) is 4. The van der Waals surface area contributed by atoms with E-state index in [2.05, 4.69) is 35.3 Å². The van der Waals surface area contributed by atoms with Gasteiger partial charge in [-0.05, 0) is 12.8 Å². The lowest BCUT2D eigenvalue weighted by atomic mass is 9.96. The van der Waals surface area contributed by atoms with Gasteiger partial charge in [0.05, 0.1) is 37.8 Å². The van der Waals surface area contributed by atoms with Gasteiger partial charge >= 0.3 is 5.97 Å². The van der Waals surface area contributed by atoms with Gasteiger partial charge in [0.1, 0.15) is 5.69 Å². The van der Waals surface area contributed by atoms with Crippen molar-refractivity contribution in [3.05, 3.63) is 36.2 Å². The van der Waals surface area contributed by atoms with E-state index < -0.39 is 16.8 Å². The summed E-state index contributed by atoms with van der Waals surface area (Å²) >= 11 is 5.38. The maximum atomic E-state index is 11.6. The highest BCUT2D eigenvalue weighted by Crippen LogP contribution is 2.16. The molecule has 2 amide bonds. The molecule has 0 aliphatic carbocycles. The van der Waals surface area contributed by atoms with E-state index in [4.69, 9.17) is 16.3 Å². The number of rotatable bonds is 5. The molecule has 2 N–H and O–H groups in total. The summed E-state index contributed by atoms with van der Waals surface area (Å²) in [5, 5.41) is 5.21. The molecule has 1 fully saturated rings. The van der Waals surface area contributed by atoms with Crippen LogP contribution in [0.5, 0.6) is 0 Å². The van der Waals surface area contributed by atoms with Crippen LogP contribution in [0, 0.1) is 10.8 Å². The summed E-state index contributed by atoms with van der Waals surface area (Å²) < 4.78 is 9.43. The largest absolute Gasteiger partial charge is 0.464 e. The molecule has 1 aliphatic rings. The summed E-state index contributed by atoms with van der Waals surface area (Å²) in [6, 6.07) is 0. The number of aromatic nitrogens is 4. The van der Waals surface area contributed by atoms with Crippen LogP contribution in [0.4, 0.5) is 11.6 Å². The van der Waals surface area contributed by atoms with E-state index in [1.165, 1.54) is 44.7 Å². The lowest BCUT2D eigenvalue weighted by Gasteiger charge is -2.16. The Kier molecular flexibility index (Phi) is 13.6. The third kappa shape index (κ3) is 12.7. The van der Waals surface area contributed by atoms with Crippen LogP contribution in [-0.4, -0.2) is 69.7 Å². The zero-order chi connectivity index (χ0) is 29.6. The van der Waals surface area contributed by atoms with Crippen molar-refractivity contribution >= 4 is 46.8 Å². The molecule has 0 spiro atoms. The van der Waals surface area contributed by atoms with Crippen molar-refractivity contribution in [3.8, 4) is 0 Å². The number of ketones is 1. The fraction of sp³-hybridized carbons (Fsp3) is 0.538. The number of carbonyl (C=O) groups is 4. The molecule has 1 saturated heterocycles. The second kappa shape index (κ2) is 15.8. The van der Waals surface area contributed by atoms with Crippen LogP contribution in [0.1, 0.15) is 75.4 Å². The molecule has 3 rings (SSSR count). The van der Waals surface area contributed by atoms with E-state index in [0.29, 0.717) is 11.6 Å². The molecular formula is C26H37ClN6O6. The Hall–Kier alpha value is -3.51. The molecule has 0 saturated carbocycles. The summed E-state index contributed by atoms with van der Waals surface area (Å²) in [4.78, 5) is 61.1. The quantitative estimate of drug-likeness (QED) is 0.309. The predicted molar refractivity (Wildman–Crippen MR) is 147 cm³/mol. The first-order chi connectivity index (χ1) is 18.2. The van der Waals surface area contributed by atoms with Crippen molar-refractivity contribution < 1.29 is 28.7 Å². The van der Waals surface area contributed by atoms with Gasteiger partial charge < -0.3 is 20.1 Å². The Balaban J connectivity index is 0.000000330. The van der Waals surface area contributed by atoms with Gasteiger partial charge in [-0.3, -0.25) is 14.4 Å². The predicted octanol–water partition coefficient (Wildman–Crippen LogP) is 3.93. The number of anilines is 2. The normalized spacial score (nSPS) is 12.6. The van der Waals surface area contributed by atoms with Crippen molar-refractivity contribution in [1.29, 1.82) is 0 Å². The average molecular weight is 565 g/mol. The van der Waals surface area contributed by atoms with Gasteiger partial charge in [-0.25, -0.2) is 24.7 Å². The smallest absolute Gasteiger partial charge is 0.358 e. The van der Waals surface area contributed by atoms with Gasteiger partial charge in [0, 0.05) is 24.0 Å². The number of methoxy groups -OCH3 is 1. The number of hydrogen-bond donors (Lipinski definition) is 2. The number of Topliss-reactive ketones (excluding diaryl/α,β-unsaturated/α-hetero) is 1. The van der Waals surface area contributed by atoms with Gasteiger partial charge in [0.25, 0.3) is 0 Å². The number of amides is 2. The summed E-state index contributed by atoms with van der Waals surface area (Å²) in [6.45, 7) is 12.7. The molecule has 3 heterocycles. The second-order valence-electron chi connectivity index (χ2n) is 10.3. The maximum Gasteiger partial charge on any atom is 0.358 e. The van der Waals surface area contributed by atoms with E-state index in [9.17, 15) is 19.2 Å². The highest BCUT2D eigenvalue weighted by molar-refractivity contribution is 6.30. The van der Waals surface area contributed by atoms with Crippen LogP contribution in [0.3, 0.4) is 0 Å². The third-order valence-electron chi connectivity index (χ3n) is 4.78. The van der Waals surface area contributed by atoms with E-state index in [0.717, 1.165) is 13.2 Å². The van der Waals surface area contributed by atoms with E-state index in [1.54, 1.807) is 41.5 Å². The number of carbonyl (C=O) groups excluding carboxylic acids is 4. The maximum absolute atomic E-state index is 11.6. The van der Waals surface area contributed by atoms with Crippen LogP contribution in [0.2, 0.25) is 0 Å². The van der Waals surface area contributed by atoms with E-state index >= 15 is 0 Å². The van der Waals surface area contributed by atoms with Gasteiger partial charge in [-0.15, -0.1) is 11.6 Å². The first-order valence-electron chi connectivity index (χ1n) is 12.2. The highest BCUT2D eigenvalue weighted by atomic mass is 35.5. The fourth-order valence-corrected chi connectivity index (χ4v) is 2.46. The summed E-state index contributed by atoms with van der Waals surface area (Å²) in [6.07, 6.45) is 7.76. The molecule has 39 heavy (non-hydrogen) atoms. The third-order valence-corrected chi connectivity index (χ3v) is 5.02. The second-order valence-corrected chi connectivity index (χ2v) is 10.6. The standard InChI is InChI=1S/C11H14ClN3O2.C11H15N3O3.C4H8O/c1-11(2,3)10(17)15-9-6-13-7(5-14-9)8(16)4-12;1-11(2,3)10(16)14-8-6-12-7(5-13-8)9(15)17-4;1-2-4-5-3-1/h5-6H,4H2,1-3H3,(H,14,15,17);5-6H,1-4H3,(H,13,14,16);1-4H2. The Bertz CT molecular complexity index is 1000. The van der Waals surface area contributed by atoms with Crippen molar-refractivity contribution in [2.24, 2.45) is 10.8 Å². The Labute approximate surface area is 233 Å². The first kappa shape index (κ1) is 33.5. The molecule has 0 aromatic carbocycles. The molecule has 0 atom stereocenters. The number of nitrogens with one attached hydrogen (secondary N) is 2. The lowest BCUT2D eigenvalue weighted by molar-refractivity contribution is -0.123. The molecule has 214 valence electrons. The summed E-state index contributed by atoms with van der Waals surface area (Å²) in [7, 11) is 1.26. The van der Waals surface area contributed by atoms with Crippen molar-refractivity contribution in [3.63, 3.8) is 0 Å². The Morgan fingerprint density at radius 3 is 1.51 bits per heavy atom. The average Bonchev–Trinajstić information content (AvgIpc) is 3.48. The molecule has 13 heteroatoms. The van der Waals surface area contributed by atoms with E-state index in [-0.39, 0.29) is 34.9 Å². The minimum Gasteiger partial charge on any atom is -0.464 e. The number of alkyl halides is 1. The molecule has 0 radical (unpaired) electrons. The minimum absolute atomic E-state index is 0.0984. The van der Waals surface area contributed by atoms with Crippen LogP contribution < -0.4 is 10.6 Å². The highest BCUT2D eigenvalue weighted by Gasteiger charge is 2.22. The monoisotopic (exact) mass is 564 g/mol. The Morgan fingerprint density at radius 1 is 0.795 bits per heavy atom. The zero-order valence-corrected chi connectivity index (χ0v) is 24.2. The molecular weight excluding hydrogens is 528 g/mol. The summed E-state index contributed by atoms with van der Waals surface area (Å²) in [5.41, 5.74) is -0.732. The van der Waals surface area contributed by atoms with Crippen LogP contribution >= 0.6 is 11.6 Å². The number of ether oxygens (including phenoxy) is 2. The van der Waals surface area contributed by atoms with Gasteiger partial charge in [-0.2, -0.15) is 0 Å². The van der Waals surface area contributed by atoms with Gasteiger partial charge in [-0.1, -0.05) is 41.5 Å². The number of halogens is 1. The molecule has 0 bridgehead atoms. The van der Waals surface area contributed by atoms with Crippen LogP contribution in [0.25, 0.3) is 0 Å². The summed E-state index contributed by atoms with van der Waals surface area (Å²) in [5.74, 6) is -0.712. The zero-order valence-electron chi connectivity index (χ0n) is 23.5. The number of hydrogen-bond acceptors (Lipinski definition) is 10. The van der Waals surface area contributed by atoms with E-state index in [1.807, 2.05) is 0 Å². The Morgan fingerprint density at radius 2 is 1.23 bits per heavy atom. The minimum atomic E-state index is -0.564. The van der Waals surface area contributed by atoms with Crippen molar-refractivity contribution in [2.45, 2.75) is 54.4 Å². The van der Waals surface area contributed by atoms with Gasteiger partial charge in [0.15, 0.2) is 23.1 Å². The molecule has 2 aromatic rings. The van der Waals surface area contributed by atoms with Crippen molar-refractivity contribution in [1.82, 2.24) is 19.9 Å². The molecule has 1 aliphatic heterocycles. The fourth-order valence-electron chi connectivity index (χ4n) is 2.33. The SMILES string of the molecule is C1CCOC1.CC(C)(C)C(=O)Nc1cnc(C(=O)CCl)cn1.COC(=O)c1cnc(NC(=O)C(C)(C)C)cn1. The van der Waals surface area contributed by atoms with Crippen LogP contribution in [-0.2, 0) is 19.1 Å². The number of esters is 1. The first-order valence-corrected chi connectivity index (χ1v) is 12.7. The van der Waals surface area contributed by atoms with Crippen molar-refractivity contribution in [2.75, 3.05) is 36.8 Å². The molecule has 2 aromatic heterocycles. The topological polar surface area (TPSA) is 162 Å². The van der Waals surface area contributed by atoms with Gasteiger partial charge in [0.2, 0.25) is 11.8 Å².